The standard InChI is InChI=1S/C24H21Cl2FN4O2/c1-13-22(24-29-17(12-32-31-24)9-15-7-8-16(25)10-19(15)26)21(11-28-30-13)33-20-4-2-3-18(23(20)27)14-5-6-14/h2-4,7-8,10-11,14,17H,5-6,9,12H2,1H3,(H,29,31). The first-order chi connectivity index (χ1) is 16.0. The van der Waals surface area contributed by atoms with Crippen molar-refractivity contribution in [2.24, 2.45) is 4.99 Å². The predicted octanol–water partition coefficient (Wildman–Crippen LogP) is 5.79. The summed E-state index contributed by atoms with van der Waals surface area (Å²) in [5.41, 5.74) is 5.59. The highest BCUT2D eigenvalue weighted by Gasteiger charge is 2.29. The molecule has 5 rings (SSSR count). The first-order valence-electron chi connectivity index (χ1n) is 10.7. The van der Waals surface area contributed by atoms with Gasteiger partial charge in [0, 0.05) is 10.0 Å². The molecule has 1 atom stereocenters. The van der Waals surface area contributed by atoms with Crippen LogP contribution >= 0.6 is 23.2 Å². The second-order valence-electron chi connectivity index (χ2n) is 8.19. The number of rotatable bonds is 6. The zero-order valence-corrected chi connectivity index (χ0v) is 19.3. The highest BCUT2D eigenvalue weighted by molar-refractivity contribution is 6.35. The highest BCUT2D eigenvalue weighted by Crippen LogP contribution is 2.43. The van der Waals surface area contributed by atoms with E-state index in [1.807, 2.05) is 12.1 Å². The van der Waals surface area contributed by atoms with Crippen LogP contribution in [-0.4, -0.2) is 28.7 Å². The molecule has 1 saturated carbocycles. The highest BCUT2D eigenvalue weighted by atomic mass is 35.5. The third-order valence-electron chi connectivity index (χ3n) is 5.68. The zero-order chi connectivity index (χ0) is 22.9. The van der Waals surface area contributed by atoms with Crippen LogP contribution in [0.4, 0.5) is 4.39 Å². The Morgan fingerprint density at radius 2 is 2.03 bits per heavy atom. The average molecular weight is 487 g/mol. The average Bonchev–Trinajstić information content (AvgIpc) is 3.63. The van der Waals surface area contributed by atoms with Crippen molar-refractivity contribution in [3.05, 3.63) is 80.8 Å². The summed E-state index contributed by atoms with van der Waals surface area (Å²) in [7, 11) is 0. The molecule has 170 valence electrons. The summed E-state index contributed by atoms with van der Waals surface area (Å²) in [5, 5.41) is 9.28. The van der Waals surface area contributed by atoms with Gasteiger partial charge in [-0.3, -0.25) is 9.83 Å². The minimum atomic E-state index is -0.342. The number of halogens is 3. The number of ether oxygens (including phenoxy) is 1. The molecule has 1 aliphatic carbocycles. The van der Waals surface area contributed by atoms with E-state index in [9.17, 15) is 0 Å². The molecule has 0 radical (unpaired) electrons. The van der Waals surface area contributed by atoms with E-state index in [-0.39, 0.29) is 23.5 Å². The van der Waals surface area contributed by atoms with Crippen LogP contribution < -0.4 is 10.2 Å². The number of nitrogens with one attached hydrogen (secondary N) is 1. The Labute approximate surface area is 200 Å². The third kappa shape index (κ3) is 4.81. The molecule has 0 saturated heterocycles. The second-order valence-corrected chi connectivity index (χ2v) is 9.03. The van der Waals surface area contributed by atoms with E-state index in [1.165, 1.54) is 6.20 Å². The lowest BCUT2D eigenvalue weighted by molar-refractivity contribution is 0.0623. The molecule has 33 heavy (non-hydrogen) atoms. The van der Waals surface area contributed by atoms with Crippen molar-refractivity contribution in [2.75, 3.05) is 6.61 Å². The van der Waals surface area contributed by atoms with Gasteiger partial charge in [0.15, 0.2) is 23.2 Å². The summed E-state index contributed by atoms with van der Waals surface area (Å²) < 4.78 is 21.0. The second kappa shape index (κ2) is 9.25. The van der Waals surface area contributed by atoms with E-state index in [4.69, 9.17) is 37.8 Å². The number of amidine groups is 1. The third-order valence-corrected chi connectivity index (χ3v) is 6.27. The molecule has 1 fully saturated rings. The Morgan fingerprint density at radius 1 is 1.18 bits per heavy atom. The molecule has 0 spiro atoms. The van der Waals surface area contributed by atoms with Gasteiger partial charge >= 0.3 is 0 Å². The molecule has 1 unspecified atom stereocenters. The van der Waals surface area contributed by atoms with Crippen LogP contribution in [0.2, 0.25) is 10.0 Å². The van der Waals surface area contributed by atoms with Crippen molar-refractivity contribution in [3.63, 3.8) is 0 Å². The fraction of sp³-hybridized carbons (Fsp3) is 0.292. The summed E-state index contributed by atoms with van der Waals surface area (Å²) in [4.78, 5) is 10.4. The molecular weight excluding hydrogens is 466 g/mol. The summed E-state index contributed by atoms with van der Waals surface area (Å²) in [6, 6.07) is 10.4. The molecule has 6 nitrogen and oxygen atoms in total. The van der Waals surface area contributed by atoms with Crippen molar-refractivity contribution >= 4 is 29.0 Å². The van der Waals surface area contributed by atoms with E-state index < -0.39 is 0 Å². The minimum absolute atomic E-state index is 0.148. The summed E-state index contributed by atoms with van der Waals surface area (Å²) >= 11 is 12.3. The summed E-state index contributed by atoms with van der Waals surface area (Å²) in [6.45, 7) is 2.14. The molecule has 3 aromatic rings. The van der Waals surface area contributed by atoms with Gasteiger partial charge in [0.2, 0.25) is 0 Å². The lowest BCUT2D eigenvalue weighted by atomic mass is 10.1. The van der Waals surface area contributed by atoms with Crippen LogP contribution in [0, 0.1) is 12.7 Å². The zero-order valence-electron chi connectivity index (χ0n) is 17.8. The van der Waals surface area contributed by atoms with E-state index >= 15 is 4.39 Å². The summed E-state index contributed by atoms with van der Waals surface area (Å²) in [5.74, 6) is 0.857. The van der Waals surface area contributed by atoms with E-state index in [2.05, 4.69) is 15.7 Å². The molecular formula is C24H21Cl2FN4O2. The molecule has 0 amide bonds. The van der Waals surface area contributed by atoms with Gasteiger partial charge in [-0.05, 0) is 61.4 Å². The van der Waals surface area contributed by atoms with Crippen LogP contribution in [0.1, 0.15) is 41.1 Å². The van der Waals surface area contributed by atoms with E-state index in [1.54, 1.807) is 31.2 Å². The van der Waals surface area contributed by atoms with Gasteiger partial charge in [-0.2, -0.15) is 10.2 Å². The van der Waals surface area contributed by atoms with Gasteiger partial charge in [0.1, 0.15) is 0 Å². The van der Waals surface area contributed by atoms with Crippen molar-refractivity contribution in [3.8, 4) is 11.5 Å². The van der Waals surface area contributed by atoms with Crippen LogP contribution in [0.15, 0.2) is 47.6 Å². The predicted molar refractivity (Wildman–Crippen MR) is 125 cm³/mol. The number of aliphatic imine (C=N–C) groups is 1. The Bertz CT molecular complexity index is 1230. The first kappa shape index (κ1) is 22.1. The number of hydroxylamine groups is 1. The smallest absolute Gasteiger partial charge is 0.169 e. The van der Waals surface area contributed by atoms with E-state index in [0.29, 0.717) is 51.5 Å². The Balaban J connectivity index is 1.45. The maximum absolute atomic E-state index is 15.0. The number of hydrogen-bond acceptors (Lipinski definition) is 6. The van der Waals surface area contributed by atoms with Gasteiger partial charge < -0.3 is 4.74 Å². The fourth-order valence-electron chi connectivity index (χ4n) is 3.87. The van der Waals surface area contributed by atoms with Crippen molar-refractivity contribution in [1.82, 2.24) is 15.7 Å². The largest absolute Gasteiger partial charge is 0.452 e. The molecule has 2 aromatic carbocycles. The molecule has 1 aromatic heterocycles. The molecule has 2 heterocycles. The number of benzene rings is 2. The number of aryl methyl sites for hydroxylation is 1. The van der Waals surface area contributed by atoms with E-state index in [0.717, 1.165) is 18.4 Å². The topological polar surface area (TPSA) is 68.6 Å². The number of nitrogens with zero attached hydrogens (tertiary/aromatic N) is 3. The SMILES string of the molecule is Cc1nncc(Oc2cccc(C3CC3)c2F)c1C1=NC(Cc2ccc(Cl)cc2Cl)CON1. The lowest BCUT2D eigenvalue weighted by Crippen LogP contribution is -2.37. The maximum atomic E-state index is 15.0. The Hall–Kier alpha value is -2.74. The molecule has 2 aliphatic rings. The quantitative estimate of drug-likeness (QED) is 0.477. The number of aromatic nitrogens is 2. The van der Waals surface area contributed by atoms with Gasteiger partial charge in [0.25, 0.3) is 0 Å². The van der Waals surface area contributed by atoms with Crippen molar-refractivity contribution in [1.29, 1.82) is 0 Å². The van der Waals surface area contributed by atoms with Gasteiger partial charge in [-0.1, -0.05) is 41.4 Å². The van der Waals surface area contributed by atoms with Gasteiger partial charge in [-0.15, -0.1) is 0 Å². The van der Waals surface area contributed by atoms with Crippen LogP contribution in [0.5, 0.6) is 11.5 Å². The van der Waals surface area contributed by atoms with Crippen LogP contribution in [0.25, 0.3) is 0 Å². The first-order valence-corrected chi connectivity index (χ1v) is 11.4. The molecule has 9 heteroatoms. The molecule has 0 bridgehead atoms. The fourth-order valence-corrected chi connectivity index (χ4v) is 4.36. The van der Waals surface area contributed by atoms with Gasteiger partial charge in [0.05, 0.1) is 30.1 Å². The molecule has 1 N–H and O–H groups in total. The van der Waals surface area contributed by atoms with Crippen molar-refractivity contribution in [2.45, 2.75) is 38.1 Å². The lowest BCUT2D eigenvalue weighted by Gasteiger charge is -2.24. The minimum Gasteiger partial charge on any atom is -0.452 e. The molecule has 1 aliphatic heterocycles. The van der Waals surface area contributed by atoms with Crippen LogP contribution in [-0.2, 0) is 11.3 Å². The van der Waals surface area contributed by atoms with Crippen LogP contribution in [0.3, 0.4) is 0 Å². The monoisotopic (exact) mass is 486 g/mol. The van der Waals surface area contributed by atoms with Crippen molar-refractivity contribution < 1.29 is 14.0 Å². The maximum Gasteiger partial charge on any atom is 0.169 e. The van der Waals surface area contributed by atoms with Gasteiger partial charge in [-0.25, -0.2) is 9.87 Å². The normalized spacial score (nSPS) is 17.9. The number of hydrogen-bond donors (Lipinski definition) is 1. The Morgan fingerprint density at radius 3 is 2.82 bits per heavy atom. The Kier molecular flexibility index (Phi) is 6.19. The summed E-state index contributed by atoms with van der Waals surface area (Å²) in [6.07, 6.45) is 4.01.